The number of fused-ring (bicyclic) bond motifs is 1. The highest BCUT2D eigenvalue weighted by Gasteiger charge is 2.36. The fourth-order valence-corrected chi connectivity index (χ4v) is 5.74. The highest BCUT2D eigenvalue weighted by molar-refractivity contribution is 7.91. The van der Waals surface area contributed by atoms with Crippen LogP contribution in [-0.2, 0) is 21.1 Å². The lowest BCUT2D eigenvalue weighted by Crippen LogP contribution is -2.43. The molecule has 6 nitrogen and oxygen atoms in total. The Hall–Kier alpha value is -2.54. The maximum atomic E-state index is 13.1. The standard InChI is InChI=1S/C22H25NO5S/c1-22(2)13-16-7-6-10-19(21(16)28-22)27-14-20(24)23(17-8-4-3-5-9-17)18-11-12-29(25,26)15-18/h3-10,18H,11-15H2,1-2H3/t18-/m0/s1. The molecule has 4 rings (SSSR count). The molecule has 0 N–H and O–H groups in total. The van der Waals surface area contributed by atoms with Gasteiger partial charge in [-0.05, 0) is 38.5 Å². The molecule has 0 saturated carbocycles. The largest absolute Gasteiger partial charge is 0.483 e. The molecule has 1 atom stereocenters. The third kappa shape index (κ3) is 4.24. The number of anilines is 1. The van der Waals surface area contributed by atoms with E-state index in [0.29, 0.717) is 23.6 Å². The van der Waals surface area contributed by atoms with Gasteiger partial charge in [0.25, 0.3) is 5.91 Å². The van der Waals surface area contributed by atoms with Gasteiger partial charge in [0.2, 0.25) is 0 Å². The van der Waals surface area contributed by atoms with Crippen molar-refractivity contribution in [3.05, 3.63) is 54.1 Å². The van der Waals surface area contributed by atoms with Crippen molar-refractivity contribution in [2.45, 2.75) is 38.3 Å². The van der Waals surface area contributed by atoms with Crippen molar-refractivity contribution in [3.63, 3.8) is 0 Å². The molecule has 2 aliphatic heterocycles. The molecule has 0 aliphatic carbocycles. The third-order valence-corrected chi connectivity index (χ3v) is 7.03. The van der Waals surface area contributed by atoms with Crippen LogP contribution in [0.2, 0.25) is 0 Å². The second-order valence-electron chi connectivity index (χ2n) is 8.23. The third-order valence-electron chi connectivity index (χ3n) is 5.28. The van der Waals surface area contributed by atoms with Gasteiger partial charge in [0, 0.05) is 17.7 Å². The lowest BCUT2D eigenvalue weighted by Gasteiger charge is -2.28. The Morgan fingerprint density at radius 3 is 2.62 bits per heavy atom. The van der Waals surface area contributed by atoms with Crippen LogP contribution in [0, 0.1) is 0 Å². The number of nitrogens with zero attached hydrogens (tertiary/aromatic N) is 1. The first-order chi connectivity index (χ1) is 13.7. The van der Waals surface area contributed by atoms with Gasteiger partial charge in [-0.1, -0.05) is 30.3 Å². The first-order valence-electron chi connectivity index (χ1n) is 9.75. The van der Waals surface area contributed by atoms with Gasteiger partial charge in [0.1, 0.15) is 5.60 Å². The van der Waals surface area contributed by atoms with Gasteiger partial charge >= 0.3 is 0 Å². The predicted octanol–water partition coefficient (Wildman–Crippen LogP) is 3.00. The summed E-state index contributed by atoms with van der Waals surface area (Å²) in [6.45, 7) is 3.84. The van der Waals surface area contributed by atoms with E-state index in [1.807, 2.05) is 56.3 Å². The molecule has 0 bridgehead atoms. The van der Waals surface area contributed by atoms with Crippen LogP contribution in [0.4, 0.5) is 5.69 Å². The van der Waals surface area contributed by atoms with Crippen molar-refractivity contribution < 1.29 is 22.7 Å². The quantitative estimate of drug-likeness (QED) is 0.751. The molecule has 2 aromatic rings. The summed E-state index contributed by atoms with van der Waals surface area (Å²) in [5.41, 5.74) is 1.43. The zero-order valence-corrected chi connectivity index (χ0v) is 17.4. The normalized spacial score (nSPS) is 21.2. The topological polar surface area (TPSA) is 72.9 Å². The summed E-state index contributed by atoms with van der Waals surface area (Å²) in [4.78, 5) is 14.7. The molecule has 29 heavy (non-hydrogen) atoms. The summed E-state index contributed by atoms with van der Waals surface area (Å²) in [5.74, 6) is 1.03. The summed E-state index contributed by atoms with van der Waals surface area (Å²) in [7, 11) is -3.12. The van der Waals surface area contributed by atoms with Crippen molar-refractivity contribution in [2.75, 3.05) is 23.0 Å². The van der Waals surface area contributed by atoms with Crippen LogP contribution < -0.4 is 14.4 Å². The average molecular weight is 416 g/mol. The minimum atomic E-state index is -3.12. The minimum Gasteiger partial charge on any atom is -0.483 e. The summed E-state index contributed by atoms with van der Waals surface area (Å²) in [5, 5.41) is 0. The second-order valence-corrected chi connectivity index (χ2v) is 10.5. The fraction of sp³-hybridized carbons (Fsp3) is 0.409. The minimum absolute atomic E-state index is 0.0222. The van der Waals surface area contributed by atoms with Crippen LogP contribution in [-0.4, -0.2) is 44.1 Å². The average Bonchev–Trinajstić information content (AvgIpc) is 3.18. The molecule has 1 fully saturated rings. The van der Waals surface area contributed by atoms with Crippen molar-refractivity contribution in [1.29, 1.82) is 0 Å². The van der Waals surface area contributed by atoms with Gasteiger partial charge in [-0.2, -0.15) is 0 Å². The lowest BCUT2D eigenvalue weighted by molar-refractivity contribution is -0.121. The van der Waals surface area contributed by atoms with E-state index in [1.165, 1.54) is 0 Å². The number of ether oxygens (including phenoxy) is 2. The summed E-state index contributed by atoms with van der Waals surface area (Å²) in [6, 6.07) is 14.5. The Bertz CT molecular complexity index is 1020. The molecular formula is C22H25NO5S. The number of para-hydroxylation sites is 2. The van der Waals surface area contributed by atoms with E-state index in [9.17, 15) is 13.2 Å². The van der Waals surface area contributed by atoms with Gasteiger partial charge < -0.3 is 14.4 Å². The summed E-state index contributed by atoms with van der Waals surface area (Å²) < 4.78 is 35.8. The second kappa shape index (κ2) is 7.37. The van der Waals surface area contributed by atoms with Crippen LogP contribution in [0.1, 0.15) is 25.8 Å². The lowest BCUT2D eigenvalue weighted by atomic mass is 10.0. The molecule has 2 aliphatic rings. The monoisotopic (exact) mass is 415 g/mol. The van der Waals surface area contributed by atoms with Gasteiger partial charge in [0.15, 0.2) is 27.9 Å². The Morgan fingerprint density at radius 2 is 1.93 bits per heavy atom. The van der Waals surface area contributed by atoms with Crippen molar-refractivity contribution in [3.8, 4) is 11.5 Å². The highest BCUT2D eigenvalue weighted by atomic mass is 32.2. The van der Waals surface area contributed by atoms with E-state index in [0.717, 1.165) is 12.0 Å². The number of hydrogen-bond acceptors (Lipinski definition) is 5. The van der Waals surface area contributed by atoms with Gasteiger partial charge in [-0.3, -0.25) is 4.79 Å². The number of amides is 1. The van der Waals surface area contributed by atoms with E-state index >= 15 is 0 Å². The van der Waals surface area contributed by atoms with Gasteiger partial charge in [-0.15, -0.1) is 0 Å². The highest BCUT2D eigenvalue weighted by Crippen LogP contribution is 2.41. The van der Waals surface area contributed by atoms with Gasteiger partial charge in [-0.25, -0.2) is 8.42 Å². The molecule has 7 heteroatoms. The number of sulfone groups is 1. The molecule has 1 saturated heterocycles. The van der Waals surface area contributed by atoms with Crippen LogP contribution in [0.3, 0.4) is 0 Å². The fourth-order valence-electron chi connectivity index (χ4n) is 4.04. The van der Waals surface area contributed by atoms with E-state index in [2.05, 4.69) is 0 Å². The molecule has 1 amide bonds. The molecule has 154 valence electrons. The van der Waals surface area contributed by atoms with Crippen LogP contribution in [0.15, 0.2) is 48.5 Å². The van der Waals surface area contributed by atoms with E-state index < -0.39 is 9.84 Å². The smallest absolute Gasteiger partial charge is 0.265 e. The first kappa shape index (κ1) is 19.8. The number of hydrogen-bond donors (Lipinski definition) is 0. The Labute approximate surface area is 171 Å². The van der Waals surface area contributed by atoms with E-state index in [1.54, 1.807) is 11.0 Å². The first-order valence-corrected chi connectivity index (χ1v) is 11.6. The number of rotatable bonds is 5. The molecule has 2 heterocycles. The van der Waals surface area contributed by atoms with E-state index in [-0.39, 0.29) is 35.7 Å². The zero-order valence-electron chi connectivity index (χ0n) is 16.6. The van der Waals surface area contributed by atoms with Crippen LogP contribution in [0.5, 0.6) is 11.5 Å². The summed E-state index contributed by atoms with van der Waals surface area (Å²) >= 11 is 0. The molecule has 0 aromatic heterocycles. The molecular weight excluding hydrogens is 390 g/mol. The van der Waals surface area contributed by atoms with Crippen molar-refractivity contribution in [1.82, 2.24) is 0 Å². The molecule has 2 aromatic carbocycles. The van der Waals surface area contributed by atoms with Gasteiger partial charge in [0.05, 0.1) is 17.5 Å². The predicted molar refractivity (Wildman–Crippen MR) is 111 cm³/mol. The Morgan fingerprint density at radius 1 is 1.17 bits per heavy atom. The molecule has 0 spiro atoms. The van der Waals surface area contributed by atoms with Crippen LogP contribution in [0.25, 0.3) is 0 Å². The SMILES string of the molecule is CC1(C)Cc2cccc(OCC(=O)N(c3ccccc3)[C@H]3CCS(=O)(=O)C3)c2O1. The molecule has 0 unspecified atom stereocenters. The number of benzene rings is 2. The Balaban J connectivity index is 1.54. The van der Waals surface area contributed by atoms with Crippen LogP contribution >= 0.6 is 0 Å². The van der Waals surface area contributed by atoms with Crippen molar-refractivity contribution in [2.24, 2.45) is 0 Å². The number of carbonyl (C=O) groups is 1. The summed E-state index contributed by atoms with van der Waals surface area (Å²) in [6.07, 6.45) is 1.21. The van der Waals surface area contributed by atoms with E-state index in [4.69, 9.17) is 9.47 Å². The Kier molecular flexibility index (Phi) is 5.02. The maximum absolute atomic E-state index is 13.1. The van der Waals surface area contributed by atoms with Crippen molar-refractivity contribution >= 4 is 21.4 Å². The maximum Gasteiger partial charge on any atom is 0.265 e. The zero-order chi connectivity index (χ0) is 20.6. The number of carbonyl (C=O) groups excluding carboxylic acids is 1. The molecule has 0 radical (unpaired) electrons.